The Labute approximate surface area is 124 Å². The van der Waals surface area contributed by atoms with Crippen molar-refractivity contribution in [1.29, 1.82) is 0 Å². The molecule has 0 heterocycles. The predicted octanol–water partition coefficient (Wildman–Crippen LogP) is 1.91. The van der Waals surface area contributed by atoms with E-state index >= 15 is 0 Å². The zero-order valence-corrected chi connectivity index (χ0v) is 11.9. The molecular formula is C16H21NO4. The Morgan fingerprint density at radius 1 is 1.10 bits per heavy atom. The molecule has 3 N–H and O–H groups in total. The van der Waals surface area contributed by atoms with Crippen molar-refractivity contribution in [2.24, 2.45) is 11.8 Å². The maximum atomic E-state index is 12.2. The average Bonchev–Trinajstić information content (AvgIpc) is 2.52. The lowest BCUT2D eigenvalue weighted by Crippen LogP contribution is -2.36. The summed E-state index contributed by atoms with van der Waals surface area (Å²) in [7, 11) is 0. The Balaban J connectivity index is 2.00. The second kappa shape index (κ2) is 7.22. The molecule has 5 nitrogen and oxygen atoms in total. The number of aliphatic hydroxyl groups is 1. The number of hydrogen-bond donors (Lipinski definition) is 3. The molecule has 0 bridgehead atoms. The molecule has 1 aliphatic carbocycles. The molecule has 1 aliphatic rings. The first-order valence-electron chi connectivity index (χ1n) is 7.35. The van der Waals surface area contributed by atoms with Crippen LogP contribution in [0.4, 0.5) is 0 Å². The topological polar surface area (TPSA) is 86.6 Å². The van der Waals surface area contributed by atoms with E-state index in [1.807, 2.05) is 0 Å². The van der Waals surface area contributed by atoms with Gasteiger partial charge < -0.3 is 15.5 Å². The Kier molecular flexibility index (Phi) is 5.33. The van der Waals surface area contributed by atoms with E-state index in [2.05, 4.69) is 5.32 Å². The molecule has 2 unspecified atom stereocenters. The molecule has 0 saturated heterocycles. The second-order valence-corrected chi connectivity index (χ2v) is 5.55. The van der Waals surface area contributed by atoms with E-state index in [0.29, 0.717) is 6.54 Å². The number of carboxylic acids is 1. The molecule has 0 aromatic heterocycles. The number of aliphatic hydroxyl groups excluding tert-OH is 1. The number of carboxylic acid groups (broad SMARTS) is 1. The summed E-state index contributed by atoms with van der Waals surface area (Å²) in [6, 6.07) is 6.19. The van der Waals surface area contributed by atoms with Crippen molar-refractivity contribution in [2.75, 3.05) is 13.2 Å². The van der Waals surface area contributed by atoms with Crippen molar-refractivity contribution >= 4 is 11.9 Å². The van der Waals surface area contributed by atoms with Crippen LogP contribution in [0.1, 0.15) is 46.4 Å². The number of hydrogen-bond acceptors (Lipinski definition) is 3. The zero-order chi connectivity index (χ0) is 15.2. The summed E-state index contributed by atoms with van der Waals surface area (Å²) in [4.78, 5) is 23.3. The van der Waals surface area contributed by atoms with Gasteiger partial charge in [0.25, 0.3) is 5.91 Å². The summed E-state index contributed by atoms with van der Waals surface area (Å²) in [5.74, 6) is -0.972. The number of amides is 1. The number of nitrogens with one attached hydrogen (secondary N) is 1. The second-order valence-electron chi connectivity index (χ2n) is 5.55. The monoisotopic (exact) mass is 291 g/mol. The Morgan fingerprint density at radius 3 is 2.33 bits per heavy atom. The SMILES string of the molecule is O=C(O)c1ccccc1C(=O)NCC1CCCCC1CO. The molecule has 1 fully saturated rings. The molecule has 1 aromatic rings. The van der Waals surface area contributed by atoms with Crippen LogP contribution in [-0.2, 0) is 0 Å². The third-order valence-corrected chi connectivity index (χ3v) is 4.23. The van der Waals surface area contributed by atoms with Crippen LogP contribution in [-0.4, -0.2) is 35.2 Å². The van der Waals surface area contributed by atoms with Gasteiger partial charge in [-0.15, -0.1) is 0 Å². The van der Waals surface area contributed by atoms with Crippen LogP contribution < -0.4 is 5.32 Å². The van der Waals surface area contributed by atoms with Crippen LogP contribution in [0.15, 0.2) is 24.3 Å². The molecule has 114 valence electrons. The van der Waals surface area contributed by atoms with Gasteiger partial charge in [0.1, 0.15) is 0 Å². The Morgan fingerprint density at radius 2 is 1.71 bits per heavy atom. The maximum Gasteiger partial charge on any atom is 0.336 e. The fraction of sp³-hybridized carbons (Fsp3) is 0.500. The highest BCUT2D eigenvalue weighted by molar-refractivity contribution is 6.04. The number of rotatable bonds is 5. The van der Waals surface area contributed by atoms with Crippen LogP contribution in [0.3, 0.4) is 0 Å². The minimum absolute atomic E-state index is 0.0114. The van der Waals surface area contributed by atoms with E-state index in [9.17, 15) is 14.7 Å². The molecule has 2 atom stereocenters. The van der Waals surface area contributed by atoms with Crippen molar-refractivity contribution in [3.63, 3.8) is 0 Å². The van der Waals surface area contributed by atoms with Crippen molar-refractivity contribution in [1.82, 2.24) is 5.32 Å². The molecule has 1 aromatic carbocycles. The fourth-order valence-corrected chi connectivity index (χ4v) is 2.98. The summed E-state index contributed by atoms with van der Waals surface area (Å²) in [5, 5.41) is 21.3. The van der Waals surface area contributed by atoms with Crippen molar-refractivity contribution in [2.45, 2.75) is 25.7 Å². The van der Waals surface area contributed by atoms with Gasteiger partial charge in [-0.1, -0.05) is 25.0 Å². The fourth-order valence-electron chi connectivity index (χ4n) is 2.98. The van der Waals surface area contributed by atoms with Crippen LogP contribution in [0.2, 0.25) is 0 Å². The summed E-state index contributed by atoms with van der Waals surface area (Å²) in [6.45, 7) is 0.629. The van der Waals surface area contributed by atoms with Gasteiger partial charge in [-0.05, 0) is 36.8 Å². The van der Waals surface area contributed by atoms with Gasteiger partial charge in [0, 0.05) is 13.2 Å². The predicted molar refractivity (Wildman–Crippen MR) is 78.3 cm³/mol. The highest BCUT2D eigenvalue weighted by Gasteiger charge is 2.25. The minimum Gasteiger partial charge on any atom is -0.478 e. The average molecular weight is 291 g/mol. The number of carbonyl (C=O) groups excluding carboxylic acids is 1. The van der Waals surface area contributed by atoms with Crippen molar-refractivity contribution in [3.8, 4) is 0 Å². The molecule has 5 heteroatoms. The number of benzene rings is 1. The van der Waals surface area contributed by atoms with Gasteiger partial charge in [-0.25, -0.2) is 4.79 Å². The highest BCUT2D eigenvalue weighted by atomic mass is 16.4. The summed E-state index contributed by atoms with van der Waals surface area (Å²) < 4.78 is 0. The Bertz CT molecular complexity index is 515. The van der Waals surface area contributed by atoms with Gasteiger partial charge in [0.05, 0.1) is 11.1 Å². The first-order valence-corrected chi connectivity index (χ1v) is 7.35. The quantitative estimate of drug-likeness (QED) is 0.773. The Hall–Kier alpha value is -1.88. The van der Waals surface area contributed by atoms with Crippen LogP contribution >= 0.6 is 0 Å². The molecular weight excluding hydrogens is 270 g/mol. The zero-order valence-electron chi connectivity index (χ0n) is 11.9. The van der Waals surface area contributed by atoms with Crippen LogP contribution in [0, 0.1) is 11.8 Å². The first kappa shape index (κ1) is 15.5. The van der Waals surface area contributed by atoms with Crippen molar-refractivity contribution < 1.29 is 19.8 Å². The molecule has 0 aliphatic heterocycles. The van der Waals surface area contributed by atoms with Gasteiger partial charge in [0.2, 0.25) is 0 Å². The molecule has 1 amide bonds. The van der Waals surface area contributed by atoms with Gasteiger partial charge >= 0.3 is 5.97 Å². The number of carbonyl (C=O) groups is 2. The van der Waals surface area contributed by atoms with Gasteiger partial charge in [-0.2, -0.15) is 0 Å². The van der Waals surface area contributed by atoms with Crippen molar-refractivity contribution in [3.05, 3.63) is 35.4 Å². The number of aromatic carboxylic acids is 1. The van der Waals surface area contributed by atoms with Crippen LogP contribution in [0.5, 0.6) is 0 Å². The van der Waals surface area contributed by atoms with Gasteiger partial charge in [0.15, 0.2) is 0 Å². The smallest absolute Gasteiger partial charge is 0.336 e. The third-order valence-electron chi connectivity index (χ3n) is 4.23. The third kappa shape index (κ3) is 3.82. The maximum absolute atomic E-state index is 12.2. The van der Waals surface area contributed by atoms with E-state index < -0.39 is 5.97 Å². The summed E-state index contributed by atoms with van der Waals surface area (Å²) in [5.41, 5.74) is 0.193. The molecule has 1 saturated carbocycles. The molecule has 21 heavy (non-hydrogen) atoms. The molecule has 2 rings (SSSR count). The highest BCUT2D eigenvalue weighted by Crippen LogP contribution is 2.29. The van der Waals surface area contributed by atoms with E-state index in [-0.39, 0.29) is 35.5 Å². The van der Waals surface area contributed by atoms with Gasteiger partial charge in [-0.3, -0.25) is 4.79 Å². The summed E-state index contributed by atoms with van der Waals surface area (Å²) in [6.07, 6.45) is 4.22. The molecule has 0 spiro atoms. The normalized spacial score (nSPS) is 21.8. The molecule has 0 radical (unpaired) electrons. The minimum atomic E-state index is -1.10. The lowest BCUT2D eigenvalue weighted by atomic mass is 9.79. The first-order chi connectivity index (χ1) is 10.1. The van der Waals surface area contributed by atoms with E-state index in [1.54, 1.807) is 12.1 Å². The lowest BCUT2D eigenvalue weighted by molar-refractivity contribution is 0.0690. The lowest BCUT2D eigenvalue weighted by Gasteiger charge is -2.30. The van der Waals surface area contributed by atoms with E-state index in [1.165, 1.54) is 12.1 Å². The summed E-state index contributed by atoms with van der Waals surface area (Å²) >= 11 is 0. The van der Waals surface area contributed by atoms with Crippen LogP contribution in [0.25, 0.3) is 0 Å². The largest absolute Gasteiger partial charge is 0.478 e. The standard InChI is InChI=1S/C16H21NO4/c18-10-12-6-2-1-5-11(12)9-17-15(19)13-7-3-4-8-14(13)16(20)21/h3-4,7-8,11-12,18H,1-2,5-6,9-10H2,(H,17,19)(H,20,21). The van der Waals surface area contributed by atoms with E-state index in [4.69, 9.17) is 5.11 Å². The van der Waals surface area contributed by atoms with E-state index in [0.717, 1.165) is 25.7 Å².